The minimum Gasteiger partial charge on any atom is -0.508 e. The number of carbonyl (C=O) groups excluding carboxylic acids is 1. The maximum atomic E-state index is 12.9. The number of phenolic OH excluding ortho intramolecular Hbond substituents is 1. The highest BCUT2D eigenvalue weighted by Crippen LogP contribution is 2.39. The van der Waals surface area contributed by atoms with E-state index < -0.39 is 11.2 Å². The monoisotopic (exact) mass is 492 g/mol. The average molecular weight is 493 g/mol. The molecule has 192 valence electrons. The Morgan fingerprint density at radius 3 is 1.92 bits per heavy atom. The van der Waals surface area contributed by atoms with Crippen molar-refractivity contribution in [3.05, 3.63) is 95.8 Å². The average Bonchev–Trinajstić information content (AvgIpc) is 3.44. The number of hydrogen-bond donors (Lipinski definition) is 2. The maximum absolute atomic E-state index is 12.9. The molecule has 6 heteroatoms. The first-order valence-electron chi connectivity index (χ1n) is 12.4. The summed E-state index contributed by atoms with van der Waals surface area (Å²) in [6.07, 6.45) is 4.16. The zero-order valence-corrected chi connectivity index (χ0v) is 21.4. The number of hydrogen-bond acceptors (Lipinski definition) is 4. The molecule has 0 aromatic heterocycles. The highest BCUT2D eigenvalue weighted by molar-refractivity contribution is 5.90. The summed E-state index contributed by atoms with van der Waals surface area (Å²) in [6.45, 7) is 6.88. The van der Waals surface area contributed by atoms with Gasteiger partial charge in [-0.05, 0) is 75.9 Å². The zero-order valence-electron chi connectivity index (χ0n) is 21.4. The number of aromatic hydroxyl groups is 1. The van der Waals surface area contributed by atoms with Crippen LogP contribution in [-0.2, 0) is 10.2 Å². The highest BCUT2D eigenvalue weighted by Gasteiger charge is 2.42. The number of halogens is 1. The van der Waals surface area contributed by atoms with Crippen LogP contribution in [0.2, 0.25) is 0 Å². The summed E-state index contributed by atoms with van der Waals surface area (Å²) in [6, 6.07) is 23.7. The Bertz CT molecular complexity index is 1070. The Morgan fingerprint density at radius 1 is 0.944 bits per heavy atom. The molecule has 3 N–H and O–H groups in total. The first-order chi connectivity index (χ1) is 17.2. The number of rotatable bonds is 8. The van der Waals surface area contributed by atoms with Crippen LogP contribution in [0, 0.1) is 5.82 Å². The van der Waals surface area contributed by atoms with Gasteiger partial charge < -0.3 is 15.6 Å². The van der Waals surface area contributed by atoms with Crippen molar-refractivity contribution < 1.29 is 19.0 Å². The van der Waals surface area contributed by atoms with Gasteiger partial charge >= 0.3 is 0 Å². The van der Waals surface area contributed by atoms with Crippen LogP contribution in [0.25, 0.3) is 0 Å². The first-order valence-corrected chi connectivity index (χ1v) is 12.4. The number of methoxy groups -OCH3 is 1. The van der Waals surface area contributed by atoms with Gasteiger partial charge in [-0.15, -0.1) is 0 Å². The van der Waals surface area contributed by atoms with Crippen molar-refractivity contribution in [2.75, 3.05) is 20.2 Å². The number of likely N-dealkylation sites (tertiary alicyclic amines) is 1. The van der Waals surface area contributed by atoms with Gasteiger partial charge in [-0.1, -0.05) is 60.7 Å². The SMILES string of the molecule is CC(C)(CCC(C(N)=O)(c1ccccc1)c1ccccc1)N1CCCC1.COc1cc(O)ccc1F. The van der Waals surface area contributed by atoms with E-state index in [1.54, 1.807) is 0 Å². The lowest BCUT2D eigenvalue weighted by molar-refractivity contribution is -0.122. The van der Waals surface area contributed by atoms with Gasteiger partial charge in [0.15, 0.2) is 11.6 Å². The molecule has 5 nitrogen and oxygen atoms in total. The Labute approximate surface area is 213 Å². The van der Waals surface area contributed by atoms with Crippen molar-refractivity contribution in [3.63, 3.8) is 0 Å². The predicted octanol–water partition coefficient (Wildman–Crippen LogP) is 5.65. The molecule has 1 fully saturated rings. The fraction of sp³-hybridized carbons (Fsp3) is 0.367. The van der Waals surface area contributed by atoms with Crippen LogP contribution < -0.4 is 10.5 Å². The summed E-state index contributed by atoms with van der Waals surface area (Å²) < 4.78 is 17.1. The fourth-order valence-electron chi connectivity index (χ4n) is 4.93. The molecule has 36 heavy (non-hydrogen) atoms. The van der Waals surface area contributed by atoms with Crippen LogP contribution in [0.1, 0.15) is 50.7 Å². The van der Waals surface area contributed by atoms with Gasteiger partial charge in [-0.3, -0.25) is 9.69 Å². The van der Waals surface area contributed by atoms with E-state index in [4.69, 9.17) is 10.8 Å². The molecule has 3 aromatic rings. The van der Waals surface area contributed by atoms with Crippen LogP contribution >= 0.6 is 0 Å². The van der Waals surface area contributed by atoms with E-state index in [1.165, 1.54) is 32.1 Å². The largest absolute Gasteiger partial charge is 0.508 e. The number of nitrogens with zero attached hydrogens (tertiary/aromatic N) is 1. The molecule has 0 unspecified atom stereocenters. The number of ether oxygens (including phenoxy) is 1. The smallest absolute Gasteiger partial charge is 0.232 e. The van der Waals surface area contributed by atoms with Crippen molar-refractivity contribution in [1.29, 1.82) is 0 Å². The van der Waals surface area contributed by atoms with Gasteiger partial charge in [0.1, 0.15) is 5.75 Å². The standard InChI is InChI=1S/C23H30N2O.C7H7FO2/c1-22(2,25-17-9-10-18-25)15-16-23(21(24)26,19-11-5-3-6-12-19)20-13-7-4-8-14-20;1-10-7-4-5(9)2-3-6(7)8/h3-8,11-14H,9-10,15-18H2,1-2H3,(H2,24,26);2-4,9H,1H3. The molecule has 0 spiro atoms. The lowest BCUT2D eigenvalue weighted by atomic mass is 9.69. The van der Waals surface area contributed by atoms with E-state index >= 15 is 0 Å². The number of nitrogens with two attached hydrogens (primary N) is 1. The third-order valence-corrected chi connectivity index (χ3v) is 7.16. The van der Waals surface area contributed by atoms with Crippen molar-refractivity contribution in [1.82, 2.24) is 4.90 Å². The molecule has 4 rings (SSSR count). The van der Waals surface area contributed by atoms with Crippen LogP contribution in [0.5, 0.6) is 11.5 Å². The Kier molecular flexibility index (Phi) is 9.10. The summed E-state index contributed by atoms with van der Waals surface area (Å²) in [5, 5.41) is 8.82. The molecule has 0 bridgehead atoms. The topological polar surface area (TPSA) is 75.8 Å². The Balaban J connectivity index is 0.000000303. The second kappa shape index (κ2) is 12.0. The van der Waals surface area contributed by atoms with E-state index in [2.05, 4.69) is 23.5 Å². The van der Waals surface area contributed by atoms with Crippen molar-refractivity contribution >= 4 is 5.91 Å². The van der Waals surface area contributed by atoms with Crippen molar-refractivity contribution in [2.24, 2.45) is 5.73 Å². The maximum Gasteiger partial charge on any atom is 0.232 e. The molecule has 1 aliphatic rings. The van der Waals surface area contributed by atoms with E-state index in [1.807, 2.05) is 60.7 Å². The molecule has 1 heterocycles. The number of benzene rings is 3. The molecule has 3 aromatic carbocycles. The van der Waals surface area contributed by atoms with Crippen molar-refractivity contribution in [3.8, 4) is 11.5 Å². The normalized spacial score (nSPS) is 14.1. The third-order valence-electron chi connectivity index (χ3n) is 7.16. The fourth-order valence-corrected chi connectivity index (χ4v) is 4.93. The first kappa shape index (κ1) is 27.2. The van der Waals surface area contributed by atoms with Crippen LogP contribution in [0.4, 0.5) is 4.39 Å². The van der Waals surface area contributed by atoms with Crippen LogP contribution in [0.15, 0.2) is 78.9 Å². The second-order valence-corrected chi connectivity index (χ2v) is 9.83. The van der Waals surface area contributed by atoms with Gasteiger partial charge in [0.2, 0.25) is 5.91 Å². The number of amides is 1. The summed E-state index contributed by atoms with van der Waals surface area (Å²) in [5.41, 5.74) is 7.29. The number of phenols is 1. The molecule has 0 aliphatic carbocycles. The summed E-state index contributed by atoms with van der Waals surface area (Å²) in [4.78, 5) is 15.4. The minimum atomic E-state index is -0.792. The van der Waals surface area contributed by atoms with Gasteiger partial charge in [0.05, 0.1) is 12.5 Å². The second-order valence-electron chi connectivity index (χ2n) is 9.83. The quantitative estimate of drug-likeness (QED) is 0.426. The van der Waals surface area contributed by atoms with E-state index in [0.717, 1.165) is 36.7 Å². The predicted molar refractivity (Wildman–Crippen MR) is 142 cm³/mol. The van der Waals surface area contributed by atoms with Crippen molar-refractivity contribution in [2.45, 2.75) is 50.5 Å². The molecule has 0 atom stereocenters. The molecule has 1 saturated heterocycles. The Morgan fingerprint density at radius 2 is 1.47 bits per heavy atom. The van der Waals surface area contributed by atoms with E-state index in [9.17, 15) is 9.18 Å². The molecule has 0 radical (unpaired) electrons. The summed E-state index contributed by atoms with van der Waals surface area (Å²) in [7, 11) is 1.35. The summed E-state index contributed by atoms with van der Waals surface area (Å²) >= 11 is 0. The minimum absolute atomic E-state index is 0.00162. The lowest BCUT2D eigenvalue weighted by Crippen LogP contribution is -2.47. The molecule has 1 aliphatic heterocycles. The Hall–Kier alpha value is -3.38. The van der Waals surface area contributed by atoms with Gasteiger partial charge in [0.25, 0.3) is 0 Å². The van der Waals surface area contributed by atoms with Crippen LogP contribution in [0.3, 0.4) is 0 Å². The van der Waals surface area contributed by atoms with E-state index in [0.29, 0.717) is 6.42 Å². The zero-order chi connectivity index (χ0) is 26.2. The summed E-state index contributed by atoms with van der Waals surface area (Å²) in [5.74, 6) is -0.689. The number of primary amides is 1. The number of carbonyl (C=O) groups is 1. The van der Waals surface area contributed by atoms with E-state index in [-0.39, 0.29) is 22.9 Å². The molecular formula is C30H37FN2O3. The highest BCUT2D eigenvalue weighted by atomic mass is 19.1. The third kappa shape index (κ3) is 6.24. The van der Waals surface area contributed by atoms with Crippen LogP contribution in [-0.4, -0.2) is 41.7 Å². The molecule has 1 amide bonds. The van der Waals surface area contributed by atoms with Gasteiger partial charge in [-0.25, -0.2) is 4.39 Å². The lowest BCUT2D eigenvalue weighted by Gasteiger charge is -2.40. The molecule has 0 saturated carbocycles. The van der Waals surface area contributed by atoms with Gasteiger partial charge in [-0.2, -0.15) is 0 Å². The van der Waals surface area contributed by atoms with Gasteiger partial charge in [0, 0.05) is 11.6 Å². The molecular weight excluding hydrogens is 455 g/mol.